The number of likely N-dealkylation sites (tertiary alicyclic amines) is 1. The topological polar surface area (TPSA) is 64.2 Å². The lowest BCUT2D eigenvalue weighted by Crippen LogP contribution is -2.48. The highest BCUT2D eigenvalue weighted by Gasteiger charge is 2.43. The highest BCUT2D eigenvalue weighted by Crippen LogP contribution is 2.47. The second kappa shape index (κ2) is 7.02. The number of rotatable bonds is 4. The fraction of sp³-hybridized carbons (Fsp3) is 0.632. The van der Waals surface area contributed by atoms with Crippen LogP contribution in [0.25, 0.3) is 0 Å². The number of aromatic nitrogens is 3. The van der Waals surface area contributed by atoms with E-state index in [9.17, 15) is 4.79 Å². The van der Waals surface area contributed by atoms with Gasteiger partial charge in [-0.15, -0.1) is 0 Å². The molecule has 6 heteroatoms. The number of carbonyl (C=O) groups excluding carboxylic acids is 1. The van der Waals surface area contributed by atoms with Gasteiger partial charge in [-0.25, -0.2) is 4.98 Å². The Morgan fingerprint density at radius 1 is 1.24 bits per heavy atom. The van der Waals surface area contributed by atoms with Gasteiger partial charge in [0, 0.05) is 19.6 Å². The van der Waals surface area contributed by atoms with Gasteiger partial charge in [-0.05, 0) is 49.1 Å². The molecule has 2 aromatic heterocycles. The predicted molar refractivity (Wildman–Crippen MR) is 92.9 cm³/mol. The van der Waals surface area contributed by atoms with E-state index in [2.05, 4.69) is 10.1 Å². The minimum absolute atomic E-state index is 0.0167. The lowest BCUT2D eigenvalue weighted by molar-refractivity contribution is 0.0109. The van der Waals surface area contributed by atoms with Gasteiger partial charge < -0.3 is 9.32 Å². The van der Waals surface area contributed by atoms with Crippen molar-refractivity contribution >= 4 is 5.91 Å². The van der Waals surface area contributed by atoms with Crippen molar-refractivity contribution in [3.8, 4) is 0 Å². The fourth-order valence-electron chi connectivity index (χ4n) is 4.76. The number of hydrogen-bond donors (Lipinski definition) is 0. The average molecular weight is 342 g/mol. The van der Waals surface area contributed by atoms with Crippen LogP contribution in [0.1, 0.15) is 55.5 Å². The molecule has 1 aliphatic carbocycles. The van der Waals surface area contributed by atoms with Crippen molar-refractivity contribution in [2.75, 3.05) is 13.1 Å². The first kappa shape index (κ1) is 16.4. The average Bonchev–Trinajstić information content (AvgIpc) is 3.36. The normalized spacial score (nSPS) is 21.4. The van der Waals surface area contributed by atoms with Crippen molar-refractivity contribution in [3.05, 3.63) is 36.8 Å². The maximum absolute atomic E-state index is 12.6. The third-order valence-electron chi connectivity index (χ3n) is 6.19. The van der Waals surface area contributed by atoms with E-state index in [0.29, 0.717) is 5.76 Å². The Morgan fingerprint density at radius 3 is 2.68 bits per heavy atom. The summed E-state index contributed by atoms with van der Waals surface area (Å²) in [4.78, 5) is 18.6. The monoisotopic (exact) mass is 342 g/mol. The zero-order valence-electron chi connectivity index (χ0n) is 14.6. The van der Waals surface area contributed by atoms with Gasteiger partial charge >= 0.3 is 0 Å². The molecule has 1 saturated carbocycles. The summed E-state index contributed by atoms with van der Waals surface area (Å²) in [7, 11) is 0. The minimum Gasteiger partial charge on any atom is -0.459 e. The van der Waals surface area contributed by atoms with Gasteiger partial charge in [0.05, 0.1) is 6.26 Å². The Bertz CT molecular complexity index is 666. The van der Waals surface area contributed by atoms with Gasteiger partial charge in [-0.1, -0.05) is 19.3 Å². The zero-order valence-corrected chi connectivity index (χ0v) is 14.6. The van der Waals surface area contributed by atoms with E-state index < -0.39 is 0 Å². The van der Waals surface area contributed by atoms with Gasteiger partial charge in [0.1, 0.15) is 12.7 Å². The Balaban J connectivity index is 1.49. The highest BCUT2D eigenvalue weighted by atomic mass is 16.3. The first-order valence-corrected chi connectivity index (χ1v) is 9.42. The maximum Gasteiger partial charge on any atom is 0.289 e. The number of hydrogen-bond acceptors (Lipinski definition) is 4. The van der Waals surface area contributed by atoms with Crippen LogP contribution in [-0.4, -0.2) is 38.7 Å². The van der Waals surface area contributed by atoms with Crippen LogP contribution in [-0.2, 0) is 6.54 Å². The molecule has 2 aromatic rings. The van der Waals surface area contributed by atoms with Crippen molar-refractivity contribution in [1.82, 2.24) is 19.7 Å². The molecule has 2 aliphatic rings. The standard InChI is InChI=1S/C19H26N4O2/c24-18(17-7-4-12-25-17)22-10-8-19(9-11-22,13-23-15-20-14-21-23)16-5-2-1-3-6-16/h4,7,12,14-16H,1-3,5-6,8-11,13H2. The third-order valence-corrected chi connectivity index (χ3v) is 6.19. The van der Waals surface area contributed by atoms with Crippen LogP contribution in [0.3, 0.4) is 0 Å². The molecule has 4 rings (SSSR count). The predicted octanol–water partition coefficient (Wildman–Crippen LogP) is 3.37. The molecular weight excluding hydrogens is 316 g/mol. The smallest absolute Gasteiger partial charge is 0.289 e. The summed E-state index contributed by atoms with van der Waals surface area (Å²) in [5.41, 5.74) is 0.230. The largest absolute Gasteiger partial charge is 0.459 e. The molecule has 0 unspecified atom stereocenters. The van der Waals surface area contributed by atoms with Gasteiger partial charge in [-0.2, -0.15) is 5.10 Å². The minimum atomic E-state index is 0.0167. The van der Waals surface area contributed by atoms with Gasteiger partial charge in [0.25, 0.3) is 5.91 Å². The summed E-state index contributed by atoms with van der Waals surface area (Å²) < 4.78 is 7.27. The summed E-state index contributed by atoms with van der Waals surface area (Å²) in [6.07, 6.45) is 13.7. The van der Waals surface area contributed by atoms with Gasteiger partial charge in [0.2, 0.25) is 0 Å². The number of furan rings is 1. The van der Waals surface area contributed by atoms with Crippen LogP contribution < -0.4 is 0 Å². The fourth-order valence-corrected chi connectivity index (χ4v) is 4.76. The third kappa shape index (κ3) is 3.34. The van der Waals surface area contributed by atoms with Crippen LogP contribution >= 0.6 is 0 Å². The number of amides is 1. The molecule has 0 spiro atoms. The number of carbonyl (C=O) groups is 1. The molecule has 134 valence electrons. The maximum atomic E-state index is 12.6. The van der Waals surface area contributed by atoms with Crippen molar-refractivity contribution in [3.63, 3.8) is 0 Å². The first-order chi connectivity index (χ1) is 12.3. The summed E-state index contributed by atoms with van der Waals surface area (Å²) in [5.74, 6) is 1.19. The second-order valence-corrected chi connectivity index (χ2v) is 7.56. The molecule has 0 aromatic carbocycles. The molecular formula is C19H26N4O2. The summed E-state index contributed by atoms with van der Waals surface area (Å²) >= 11 is 0. The van der Waals surface area contributed by atoms with E-state index in [1.807, 2.05) is 15.9 Å². The first-order valence-electron chi connectivity index (χ1n) is 9.42. The van der Waals surface area contributed by atoms with Crippen molar-refractivity contribution < 1.29 is 9.21 Å². The van der Waals surface area contributed by atoms with E-state index >= 15 is 0 Å². The van der Waals surface area contributed by atoms with Crippen LogP contribution in [0.15, 0.2) is 35.5 Å². The van der Waals surface area contributed by atoms with E-state index in [0.717, 1.165) is 38.4 Å². The Labute approximate surface area is 148 Å². The molecule has 0 radical (unpaired) electrons. The number of piperidine rings is 1. The lowest BCUT2D eigenvalue weighted by atomic mass is 9.63. The van der Waals surface area contributed by atoms with E-state index in [1.165, 1.54) is 32.1 Å². The summed E-state index contributed by atoms with van der Waals surface area (Å²) in [5, 5.41) is 4.35. The molecule has 25 heavy (non-hydrogen) atoms. The quantitative estimate of drug-likeness (QED) is 0.854. The van der Waals surface area contributed by atoms with Crippen LogP contribution in [0.4, 0.5) is 0 Å². The van der Waals surface area contributed by atoms with Crippen molar-refractivity contribution in [2.45, 2.75) is 51.5 Å². The SMILES string of the molecule is O=C(c1ccco1)N1CCC(Cn2cncn2)(C2CCCCC2)CC1. The van der Waals surface area contributed by atoms with Gasteiger partial charge in [-0.3, -0.25) is 9.48 Å². The summed E-state index contributed by atoms with van der Waals surface area (Å²) in [6.45, 7) is 2.51. The Kier molecular flexibility index (Phi) is 4.59. The highest BCUT2D eigenvalue weighted by molar-refractivity contribution is 5.91. The van der Waals surface area contributed by atoms with Crippen LogP contribution in [0.2, 0.25) is 0 Å². The second-order valence-electron chi connectivity index (χ2n) is 7.56. The number of nitrogens with zero attached hydrogens (tertiary/aromatic N) is 4. The van der Waals surface area contributed by atoms with Crippen LogP contribution in [0.5, 0.6) is 0 Å². The molecule has 1 aliphatic heterocycles. The molecule has 1 saturated heterocycles. The van der Waals surface area contributed by atoms with Crippen molar-refractivity contribution in [2.24, 2.45) is 11.3 Å². The molecule has 0 N–H and O–H groups in total. The van der Waals surface area contributed by atoms with Gasteiger partial charge in [0.15, 0.2) is 5.76 Å². The Hall–Kier alpha value is -2.11. The van der Waals surface area contributed by atoms with E-state index in [1.54, 1.807) is 24.7 Å². The van der Waals surface area contributed by atoms with E-state index in [4.69, 9.17) is 4.42 Å². The molecule has 1 amide bonds. The molecule has 6 nitrogen and oxygen atoms in total. The van der Waals surface area contributed by atoms with Crippen molar-refractivity contribution in [1.29, 1.82) is 0 Å². The zero-order chi connectivity index (χ0) is 17.1. The molecule has 3 heterocycles. The molecule has 0 atom stereocenters. The summed E-state index contributed by atoms with van der Waals surface area (Å²) in [6, 6.07) is 3.52. The Morgan fingerprint density at radius 2 is 2.04 bits per heavy atom. The molecule has 0 bridgehead atoms. The van der Waals surface area contributed by atoms with E-state index in [-0.39, 0.29) is 11.3 Å². The molecule has 2 fully saturated rings. The lowest BCUT2D eigenvalue weighted by Gasteiger charge is -2.47. The van der Waals surface area contributed by atoms with Crippen LogP contribution in [0, 0.1) is 11.3 Å².